The van der Waals surface area contributed by atoms with Crippen molar-refractivity contribution < 1.29 is 24.5 Å². The number of hydrogen-bond acceptors (Lipinski definition) is 4. The van der Waals surface area contributed by atoms with E-state index in [1.165, 1.54) is 6.20 Å². The van der Waals surface area contributed by atoms with Crippen molar-refractivity contribution in [2.24, 2.45) is 0 Å². The fraction of sp³-hybridized carbons (Fsp3) is 0.364. The number of carbonyl (C=O) groups is 2. The van der Waals surface area contributed by atoms with Crippen molar-refractivity contribution in [3.05, 3.63) is 21.8 Å². The minimum atomic E-state index is -1.29. The molecule has 1 amide bonds. The smallest absolute Gasteiger partial charge is 0.408 e. The zero-order valence-corrected chi connectivity index (χ0v) is 12.3. The van der Waals surface area contributed by atoms with E-state index in [9.17, 15) is 9.59 Å². The Bertz CT molecular complexity index is 534. The first-order chi connectivity index (χ1) is 9.38. The molecule has 2 atom stereocenters. The van der Waals surface area contributed by atoms with E-state index in [1.807, 2.05) is 0 Å². The summed E-state index contributed by atoms with van der Waals surface area (Å²) in [5.41, 5.74) is 0. The number of aromatic nitrogens is 1. The van der Waals surface area contributed by atoms with Crippen molar-refractivity contribution in [1.29, 1.82) is 0 Å². The summed E-state index contributed by atoms with van der Waals surface area (Å²) < 4.78 is 6.06. The Balaban J connectivity index is 2.11. The molecule has 1 aromatic rings. The molecule has 1 aliphatic rings. The van der Waals surface area contributed by atoms with E-state index in [0.717, 1.165) is 4.90 Å². The van der Waals surface area contributed by atoms with Crippen molar-refractivity contribution in [1.82, 2.24) is 9.88 Å². The van der Waals surface area contributed by atoms with Gasteiger partial charge in [0, 0.05) is 12.6 Å². The molecule has 0 bridgehead atoms. The van der Waals surface area contributed by atoms with Crippen molar-refractivity contribution in [2.75, 3.05) is 6.54 Å². The third-order valence-corrected chi connectivity index (χ3v) is 3.62. The standard InChI is InChI=1S/C11H10BrClN2O5/c12-7-1-5(13)3-14-9(7)20-6-2-8(10(16)17)15(4-6)11(18)19/h1,3,6,8H,2,4H2,(H,16,17)(H,18,19)/t6-,8-/m0/s1. The second-order valence-electron chi connectivity index (χ2n) is 4.21. The second-order valence-corrected chi connectivity index (χ2v) is 5.50. The average molecular weight is 366 g/mol. The van der Waals surface area contributed by atoms with Crippen LogP contribution in [0.25, 0.3) is 0 Å². The maximum absolute atomic E-state index is 11.0. The van der Waals surface area contributed by atoms with Crippen molar-refractivity contribution in [3.8, 4) is 5.88 Å². The molecule has 1 fully saturated rings. The van der Waals surface area contributed by atoms with Gasteiger partial charge in [0.1, 0.15) is 12.1 Å². The van der Waals surface area contributed by atoms with Crippen LogP contribution in [-0.2, 0) is 4.79 Å². The second kappa shape index (κ2) is 5.84. The number of halogens is 2. The lowest BCUT2D eigenvalue weighted by Gasteiger charge is -2.16. The SMILES string of the molecule is O=C(O)[C@@H]1C[C@H](Oc2ncc(Cl)cc2Br)CN1C(=O)O. The van der Waals surface area contributed by atoms with Gasteiger partial charge in [0.05, 0.1) is 16.0 Å². The summed E-state index contributed by atoms with van der Waals surface area (Å²) in [6.45, 7) is -0.0248. The molecular weight excluding hydrogens is 355 g/mol. The lowest BCUT2D eigenvalue weighted by atomic mass is 10.2. The van der Waals surface area contributed by atoms with Crippen LogP contribution in [0.3, 0.4) is 0 Å². The third kappa shape index (κ3) is 3.13. The van der Waals surface area contributed by atoms with E-state index < -0.39 is 24.2 Å². The largest absolute Gasteiger partial charge is 0.480 e. The predicted molar refractivity (Wildman–Crippen MR) is 72.1 cm³/mol. The Morgan fingerprint density at radius 1 is 1.50 bits per heavy atom. The third-order valence-electron chi connectivity index (χ3n) is 2.85. The van der Waals surface area contributed by atoms with Crippen LogP contribution in [0.15, 0.2) is 16.7 Å². The van der Waals surface area contributed by atoms with Crippen LogP contribution in [0.2, 0.25) is 5.02 Å². The number of carboxylic acids is 1. The number of carboxylic acid groups (broad SMARTS) is 2. The van der Waals surface area contributed by atoms with Gasteiger partial charge in [0.25, 0.3) is 0 Å². The fourth-order valence-corrected chi connectivity index (χ4v) is 2.71. The van der Waals surface area contributed by atoms with E-state index in [4.69, 9.17) is 26.6 Å². The van der Waals surface area contributed by atoms with Gasteiger partial charge in [-0.15, -0.1) is 0 Å². The normalized spacial score (nSPS) is 21.8. The van der Waals surface area contributed by atoms with E-state index in [2.05, 4.69) is 20.9 Å². The van der Waals surface area contributed by atoms with Gasteiger partial charge in [0.15, 0.2) is 0 Å². The molecule has 2 heterocycles. The summed E-state index contributed by atoms with van der Waals surface area (Å²) in [7, 11) is 0. The van der Waals surface area contributed by atoms with Crippen molar-refractivity contribution in [2.45, 2.75) is 18.6 Å². The Hall–Kier alpha value is -1.54. The Kier molecular flexibility index (Phi) is 4.34. The molecule has 20 heavy (non-hydrogen) atoms. The van der Waals surface area contributed by atoms with Gasteiger partial charge in [-0.05, 0) is 22.0 Å². The number of amides is 1. The van der Waals surface area contributed by atoms with Crippen LogP contribution in [-0.4, -0.2) is 50.9 Å². The number of aliphatic carboxylic acids is 1. The molecule has 0 spiro atoms. The zero-order chi connectivity index (χ0) is 14.9. The summed E-state index contributed by atoms with van der Waals surface area (Å²) in [4.78, 5) is 26.8. The van der Waals surface area contributed by atoms with E-state index >= 15 is 0 Å². The number of likely N-dealkylation sites (tertiary alicyclic amines) is 1. The summed E-state index contributed by atoms with van der Waals surface area (Å²) in [5.74, 6) is -0.947. The topological polar surface area (TPSA) is 100.0 Å². The van der Waals surface area contributed by atoms with E-state index in [1.54, 1.807) is 6.07 Å². The molecule has 7 nitrogen and oxygen atoms in total. The first-order valence-electron chi connectivity index (χ1n) is 5.58. The average Bonchev–Trinajstić information content (AvgIpc) is 2.77. The van der Waals surface area contributed by atoms with Gasteiger partial charge in [-0.1, -0.05) is 11.6 Å². The van der Waals surface area contributed by atoms with Gasteiger partial charge in [0.2, 0.25) is 5.88 Å². The van der Waals surface area contributed by atoms with Crippen LogP contribution in [0.1, 0.15) is 6.42 Å². The summed E-state index contributed by atoms with van der Waals surface area (Å²) in [5, 5.41) is 18.4. The fourth-order valence-electron chi connectivity index (χ4n) is 1.97. The molecule has 0 radical (unpaired) electrons. The molecule has 1 aliphatic heterocycles. The first kappa shape index (κ1) is 14.9. The first-order valence-corrected chi connectivity index (χ1v) is 6.75. The summed E-state index contributed by atoms with van der Waals surface area (Å²) in [6.07, 6.45) is -0.401. The highest BCUT2D eigenvalue weighted by atomic mass is 79.9. The number of rotatable bonds is 3. The number of pyridine rings is 1. The minimum absolute atomic E-state index is 0.0248. The minimum Gasteiger partial charge on any atom is -0.480 e. The molecule has 2 N–H and O–H groups in total. The van der Waals surface area contributed by atoms with Gasteiger partial charge in [-0.3, -0.25) is 4.90 Å². The van der Waals surface area contributed by atoms with Gasteiger partial charge in [-0.2, -0.15) is 0 Å². The molecule has 1 saturated heterocycles. The van der Waals surface area contributed by atoms with E-state index in [-0.39, 0.29) is 18.8 Å². The molecule has 0 saturated carbocycles. The predicted octanol–water partition coefficient (Wildman–Crippen LogP) is 2.08. The maximum Gasteiger partial charge on any atom is 0.408 e. The lowest BCUT2D eigenvalue weighted by Crippen LogP contribution is -2.39. The lowest BCUT2D eigenvalue weighted by molar-refractivity contribution is -0.141. The van der Waals surface area contributed by atoms with Crippen LogP contribution >= 0.6 is 27.5 Å². The highest BCUT2D eigenvalue weighted by Gasteiger charge is 2.41. The van der Waals surface area contributed by atoms with Crippen LogP contribution in [0.5, 0.6) is 5.88 Å². The van der Waals surface area contributed by atoms with Crippen molar-refractivity contribution in [3.63, 3.8) is 0 Å². The molecule has 2 rings (SSSR count). The van der Waals surface area contributed by atoms with Crippen LogP contribution < -0.4 is 4.74 Å². The summed E-state index contributed by atoms with van der Waals surface area (Å²) in [6, 6.07) is 0.478. The van der Waals surface area contributed by atoms with E-state index in [0.29, 0.717) is 9.50 Å². The Labute approximate surface area is 127 Å². The van der Waals surface area contributed by atoms with Crippen molar-refractivity contribution >= 4 is 39.6 Å². The Morgan fingerprint density at radius 3 is 2.70 bits per heavy atom. The molecule has 0 aliphatic carbocycles. The number of nitrogens with zero attached hydrogens (tertiary/aromatic N) is 2. The van der Waals surface area contributed by atoms with Gasteiger partial charge < -0.3 is 14.9 Å². The molecule has 0 unspecified atom stereocenters. The zero-order valence-electron chi connectivity index (χ0n) is 9.99. The van der Waals surface area contributed by atoms with Crippen LogP contribution in [0, 0.1) is 0 Å². The molecule has 0 aromatic carbocycles. The van der Waals surface area contributed by atoms with Gasteiger partial charge >= 0.3 is 12.1 Å². The summed E-state index contributed by atoms with van der Waals surface area (Å²) >= 11 is 8.98. The maximum atomic E-state index is 11.0. The highest BCUT2D eigenvalue weighted by molar-refractivity contribution is 9.10. The van der Waals surface area contributed by atoms with Gasteiger partial charge in [-0.25, -0.2) is 14.6 Å². The molecule has 9 heteroatoms. The molecule has 1 aromatic heterocycles. The molecule has 108 valence electrons. The molecular formula is C11H10BrClN2O5. The highest BCUT2D eigenvalue weighted by Crippen LogP contribution is 2.29. The monoisotopic (exact) mass is 364 g/mol. The quantitative estimate of drug-likeness (QED) is 0.851. The number of hydrogen-bond donors (Lipinski definition) is 2. The Morgan fingerprint density at radius 2 is 2.20 bits per heavy atom. The van der Waals surface area contributed by atoms with Crippen LogP contribution in [0.4, 0.5) is 4.79 Å². The number of ether oxygens (including phenoxy) is 1.